The third-order valence-electron chi connectivity index (χ3n) is 3.66. The Balaban J connectivity index is 1.94. The van der Waals surface area contributed by atoms with Crippen molar-refractivity contribution in [2.45, 2.75) is 33.4 Å². The van der Waals surface area contributed by atoms with Crippen molar-refractivity contribution in [1.29, 1.82) is 0 Å². The number of hydrogen-bond donors (Lipinski definition) is 2. The number of rotatable bonds is 7. The van der Waals surface area contributed by atoms with Gasteiger partial charge in [0, 0.05) is 24.8 Å². The molecule has 2 aromatic rings. The van der Waals surface area contributed by atoms with Gasteiger partial charge in [0.25, 0.3) is 0 Å². The summed E-state index contributed by atoms with van der Waals surface area (Å²) in [7, 11) is 0. The van der Waals surface area contributed by atoms with Gasteiger partial charge in [0.15, 0.2) is 5.11 Å². The molecule has 2 rings (SSSR count). The molecule has 25 heavy (non-hydrogen) atoms. The first-order valence-electron chi connectivity index (χ1n) is 8.57. The van der Waals surface area contributed by atoms with Gasteiger partial charge >= 0.3 is 0 Å². The summed E-state index contributed by atoms with van der Waals surface area (Å²) in [6.07, 6.45) is 1.77. The van der Waals surface area contributed by atoms with E-state index in [1.165, 1.54) is 11.3 Å². The molecule has 4 nitrogen and oxygen atoms in total. The van der Waals surface area contributed by atoms with Gasteiger partial charge in [-0.1, -0.05) is 42.5 Å². The topological polar surface area (TPSA) is 39.7 Å². The van der Waals surface area contributed by atoms with Crippen LogP contribution in [0.25, 0.3) is 0 Å². The predicted molar refractivity (Wildman–Crippen MR) is 111 cm³/mol. The molecule has 0 aliphatic carbocycles. The second kappa shape index (κ2) is 9.79. The first kappa shape index (κ1) is 18.9. The number of hydrogen-bond acceptors (Lipinski definition) is 3. The zero-order chi connectivity index (χ0) is 18.1. The fraction of sp³-hybridized carbons (Fsp3) is 0.300. The van der Waals surface area contributed by atoms with Crippen molar-refractivity contribution in [1.82, 2.24) is 10.7 Å². The van der Waals surface area contributed by atoms with Gasteiger partial charge in [0.2, 0.25) is 0 Å². The Morgan fingerprint density at radius 3 is 2.40 bits per heavy atom. The summed E-state index contributed by atoms with van der Waals surface area (Å²) in [5.41, 5.74) is 6.36. The Morgan fingerprint density at radius 1 is 1.12 bits per heavy atom. The minimum atomic E-state index is 0.291. The minimum Gasteiger partial charge on any atom is -0.367 e. The summed E-state index contributed by atoms with van der Waals surface area (Å²) in [6, 6.07) is 19.2. The van der Waals surface area contributed by atoms with Crippen molar-refractivity contribution in [3.63, 3.8) is 0 Å². The highest BCUT2D eigenvalue weighted by Crippen LogP contribution is 2.17. The Kier molecular flexibility index (Phi) is 7.41. The van der Waals surface area contributed by atoms with Crippen LogP contribution in [0.5, 0.6) is 0 Å². The van der Waals surface area contributed by atoms with Crippen molar-refractivity contribution in [2.75, 3.05) is 11.4 Å². The molecule has 2 N–H and O–H groups in total. The summed E-state index contributed by atoms with van der Waals surface area (Å²) < 4.78 is 0. The second-order valence-corrected chi connectivity index (χ2v) is 6.50. The van der Waals surface area contributed by atoms with Gasteiger partial charge in [-0.2, -0.15) is 5.10 Å². The molecule has 0 aliphatic heterocycles. The van der Waals surface area contributed by atoms with E-state index in [1.54, 1.807) is 6.21 Å². The van der Waals surface area contributed by atoms with Crippen LogP contribution in [0.3, 0.4) is 0 Å². The average Bonchev–Trinajstić information content (AvgIpc) is 2.60. The van der Waals surface area contributed by atoms with E-state index >= 15 is 0 Å². The Hall–Kier alpha value is -2.40. The Bertz CT molecular complexity index is 681. The molecule has 0 heterocycles. The molecule has 0 fully saturated rings. The standard InChI is InChI=1S/C20H26N4S/c1-4-24(15-18-8-6-5-7-9-18)19-12-10-17(11-13-19)14-21-23-20(25)22-16(2)3/h5-14,16H,4,15H2,1-3H3,(H2,22,23,25)/b21-14+. The minimum absolute atomic E-state index is 0.291. The molecule has 0 saturated heterocycles. The molecule has 0 bridgehead atoms. The van der Waals surface area contributed by atoms with Crippen molar-refractivity contribution in [2.24, 2.45) is 5.10 Å². The summed E-state index contributed by atoms with van der Waals surface area (Å²) in [5, 5.41) is 7.78. The molecule has 0 spiro atoms. The van der Waals surface area contributed by atoms with E-state index in [4.69, 9.17) is 12.2 Å². The Labute approximate surface area is 155 Å². The van der Waals surface area contributed by atoms with E-state index in [1.807, 2.05) is 19.9 Å². The van der Waals surface area contributed by atoms with Gasteiger partial charge in [-0.25, -0.2) is 0 Å². The Morgan fingerprint density at radius 2 is 1.80 bits per heavy atom. The normalized spacial score (nSPS) is 10.9. The second-order valence-electron chi connectivity index (χ2n) is 6.09. The average molecular weight is 355 g/mol. The van der Waals surface area contributed by atoms with E-state index in [2.05, 4.69) is 76.2 Å². The summed E-state index contributed by atoms with van der Waals surface area (Å²) >= 11 is 5.14. The van der Waals surface area contributed by atoms with Gasteiger partial charge in [0.1, 0.15) is 0 Å². The van der Waals surface area contributed by atoms with Crippen LogP contribution in [-0.4, -0.2) is 23.9 Å². The molecule has 0 radical (unpaired) electrons. The van der Waals surface area contributed by atoms with Gasteiger partial charge in [-0.15, -0.1) is 0 Å². The maximum Gasteiger partial charge on any atom is 0.187 e. The number of thiocarbonyl (C=S) groups is 1. The number of nitrogens with one attached hydrogen (secondary N) is 2. The smallest absolute Gasteiger partial charge is 0.187 e. The van der Waals surface area contributed by atoms with E-state index in [9.17, 15) is 0 Å². The molecule has 0 unspecified atom stereocenters. The van der Waals surface area contributed by atoms with Crippen molar-refractivity contribution in [3.05, 3.63) is 65.7 Å². The maximum atomic E-state index is 5.14. The molecule has 0 atom stereocenters. The van der Waals surface area contributed by atoms with Crippen LogP contribution in [-0.2, 0) is 6.54 Å². The molecule has 0 aromatic heterocycles. The van der Waals surface area contributed by atoms with Gasteiger partial charge in [-0.05, 0) is 56.2 Å². The van der Waals surface area contributed by atoms with Gasteiger partial charge in [0.05, 0.1) is 6.21 Å². The van der Waals surface area contributed by atoms with Crippen LogP contribution < -0.4 is 15.6 Å². The zero-order valence-corrected chi connectivity index (χ0v) is 15.9. The lowest BCUT2D eigenvalue weighted by Gasteiger charge is -2.23. The highest BCUT2D eigenvalue weighted by atomic mass is 32.1. The van der Waals surface area contributed by atoms with E-state index in [0.29, 0.717) is 11.2 Å². The lowest BCUT2D eigenvalue weighted by atomic mass is 10.1. The van der Waals surface area contributed by atoms with Crippen LogP contribution in [0.15, 0.2) is 59.7 Å². The van der Waals surface area contributed by atoms with Crippen LogP contribution in [0.2, 0.25) is 0 Å². The quantitative estimate of drug-likeness (QED) is 0.449. The van der Waals surface area contributed by atoms with Crippen LogP contribution in [0, 0.1) is 0 Å². The number of hydrazone groups is 1. The molecular formula is C20H26N4S. The van der Waals surface area contributed by atoms with Crippen molar-refractivity contribution < 1.29 is 0 Å². The highest BCUT2D eigenvalue weighted by molar-refractivity contribution is 7.80. The molecule has 0 saturated carbocycles. The van der Waals surface area contributed by atoms with Crippen molar-refractivity contribution >= 4 is 29.2 Å². The number of anilines is 1. The van der Waals surface area contributed by atoms with E-state index in [0.717, 1.165) is 18.7 Å². The summed E-state index contributed by atoms with van der Waals surface area (Å²) in [4.78, 5) is 2.34. The molecular weight excluding hydrogens is 328 g/mol. The van der Waals surface area contributed by atoms with Crippen LogP contribution >= 0.6 is 12.2 Å². The first-order valence-corrected chi connectivity index (χ1v) is 8.98. The fourth-order valence-corrected chi connectivity index (χ4v) is 2.71. The number of benzene rings is 2. The van der Waals surface area contributed by atoms with Crippen LogP contribution in [0.1, 0.15) is 31.9 Å². The summed E-state index contributed by atoms with van der Waals surface area (Å²) in [5.74, 6) is 0. The summed E-state index contributed by atoms with van der Waals surface area (Å²) in [6.45, 7) is 8.10. The fourth-order valence-electron chi connectivity index (χ4n) is 2.42. The highest BCUT2D eigenvalue weighted by Gasteiger charge is 2.05. The molecule has 0 amide bonds. The largest absolute Gasteiger partial charge is 0.367 e. The maximum absolute atomic E-state index is 5.14. The third-order valence-corrected chi connectivity index (χ3v) is 3.86. The predicted octanol–water partition coefficient (Wildman–Crippen LogP) is 3.92. The number of nitrogens with zero attached hydrogens (tertiary/aromatic N) is 2. The molecule has 2 aromatic carbocycles. The van der Waals surface area contributed by atoms with Gasteiger partial charge in [-0.3, -0.25) is 5.43 Å². The first-order chi connectivity index (χ1) is 12.1. The van der Waals surface area contributed by atoms with Crippen molar-refractivity contribution in [3.8, 4) is 0 Å². The van der Waals surface area contributed by atoms with Crippen LogP contribution in [0.4, 0.5) is 5.69 Å². The van der Waals surface area contributed by atoms with E-state index < -0.39 is 0 Å². The zero-order valence-electron chi connectivity index (χ0n) is 15.1. The monoisotopic (exact) mass is 354 g/mol. The SMILES string of the molecule is CCN(Cc1ccccc1)c1ccc(/C=N/NC(=S)NC(C)C)cc1. The van der Waals surface area contributed by atoms with E-state index in [-0.39, 0.29) is 0 Å². The van der Waals surface area contributed by atoms with Gasteiger partial charge < -0.3 is 10.2 Å². The third kappa shape index (κ3) is 6.55. The molecule has 132 valence electrons. The lowest BCUT2D eigenvalue weighted by molar-refractivity contribution is 0.720. The lowest BCUT2D eigenvalue weighted by Crippen LogP contribution is -2.36. The molecule has 0 aliphatic rings. The molecule has 5 heteroatoms.